The number of benzene rings is 1. The molecular weight excluding hydrogens is 298 g/mol. The monoisotopic (exact) mass is 319 g/mol. The van der Waals surface area contributed by atoms with E-state index in [9.17, 15) is 9.90 Å². The summed E-state index contributed by atoms with van der Waals surface area (Å²) in [5.74, 6) is 0. The van der Waals surface area contributed by atoms with E-state index in [2.05, 4.69) is 10.3 Å². The average molecular weight is 319 g/mol. The largest absolute Gasteiger partial charge is 0.393 e. The van der Waals surface area contributed by atoms with Gasteiger partial charge in [0.05, 0.1) is 22.9 Å². The van der Waals surface area contributed by atoms with E-state index < -0.39 is 0 Å². The van der Waals surface area contributed by atoms with Gasteiger partial charge in [-0.05, 0) is 37.8 Å². The third kappa shape index (κ3) is 3.56. The Morgan fingerprint density at radius 1 is 1.36 bits per heavy atom. The van der Waals surface area contributed by atoms with Gasteiger partial charge in [-0.1, -0.05) is 12.1 Å². The first-order valence-electron chi connectivity index (χ1n) is 7.66. The number of aliphatic hydroxyl groups excluding tert-OH is 1. The van der Waals surface area contributed by atoms with E-state index in [4.69, 9.17) is 0 Å². The lowest BCUT2D eigenvalue weighted by molar-refractivity contribution is 0.115. The minimum absolute atomic E-state index is 0.0688. The fraction of sp³-hybridized carbons (Fsp3) is 0.500. The van der Waals surface area contributed by atoms with E-state index in [1.165, 1.54) is 0 Å². The van der Waals surface area contributed by atoms with Crippen LogP contribution in [-0.2, 0) is 6.54 Å². The number of nitrogens with zero attached hydrogens (tertiary/aromatic N) is 2. The van der Waals surface area contributed by atoms with Crippen molar-refractivity contribution >= 4 is 27.6 Å². The molecule has 0 saturated heterocycles. The lowest BCUT2D eigenvalue weighted by Crippen LogP contribution is -2.44. The van der Waals surface area contributed by atoms with E-state index in [1.807, 2.05) is 24.3 Å². The van der Waals surface area contributed by atoms with Crippen molar-refractivity contribution in [1.82, 2.24) is 15.2 Å². The summed E-state index contributed by atoms with van der Waals surface area (Å²) in [6, 6.07) is 8.11. The van der Waals surface area contributed by atoms with Gasteiger partial charge in [-0.3, -0.25) is 0 Å². The van der Waals surface area contributed by atoms with Crippen LogP contribution in [0.25, 0.3) is 10.2 Å². The van der Waals surface area contributed by atoms with Gasteiger partial charge >= 0.3 is 6.03 Å². The van der Waals surface area contributed by atoms with Crippen LogP contribution in [0.3, 0.4) is 0 Å². The topological polar surface area (TPSA) is 65.5 Å². The highest BCUT2D eigenvalue weighted by atomic mass is 32.1. The number of aliphatic hydroxyl groups is 1. The van der Waals surface area contributed by atoms with Gasteiger partial charge in [0, 0.05) is 13.1 Å². The highest BCUT2D eigenvalue weighted by Gasteiger charge is 2.22. The van der Waals surface area contributed by atoms with Crippen molar-refractivity contribution in [3.63, 3.8) is 0 Å². The van der Waals surface area contributed by atoms with E-state index in [0.717, 1.165) is 40.9 Å². The van der Waals surface area contributed by atoms with Gasteiger partial charge in [-0.15, -0.1) is 11.3 Å². The molecule has 0 bridgehead atoms. The first-order valence-corrected chi connectivity index (χ1v) is 8.47. The molecule has 1 fully saturated rings. The lowest BCUT2D eigenvalue weighted by Gasteiger charge is -2.28. The molecule has 1 aromatic carbocycles. The van der Waals surface area contributed by atoms with Gasteiger partial charge in [0.25, 0.3) is 0 Å². The van der Waals surface area contributed by atoms with Crippen LogP contribution in [-0.4, -0.2) is 40.2 Å². The molecule has 0 atom stereocenters. The SMILES string of the molecule is CN(Cc1nc2ccccc2s1)C(=O)NC1CCC(O)CC1. The van der Waals surface area contributed by atoms with Crippen molar-refractivity contribution < 1.29 is 9.90 Å². The molecule has 1 aliphatic carbocycles. The maximum atomic E-state index is 12.2. The summed E-state index contributed by atoms with van der Waals surface area (Å²) >= 11 is 1.62. The Balaban J connectivity index is 1.56. The Bertz CT molecular complexity index is 617. The molecule has 2 N–H and O–H groups in total. The Morgan fingerprint density at radius 2 is 2.09 bits per heavy atom. The summed E-state index contributed by atoms with van der Waals surface area (Å²) in [5.41, 5.74) is 0.984. The van der Waals surface area contributed by atoms with Gasteiger partial charge in [-0.2, -0.15) is 0 Å². The number of urea groups is 1. The summed E-state index contributed by atoms with van der Waals surface area (Å²) in [5, 5.41) is 13.5. The van der Waals surface area contributed by atoms with Crippen LogP contribution in [0.4, 0.5) is 4.79 Å². The average Bonchev–Trinajstić information content (AvgIpc) is 2.91. The molecule has 0 radical (unpaired) electrons. The highest BCUT2D eigenvalue weighted by molar-refractivity contribution is 7.18. The summed E-state index contributed by atoms with van der Waals surface area (Å²) < 4.78 is 1.15. The molecule has 1 aromatic heterocycles. The summed E-state index contributed by atoms with van der Waals surface area (Å²) in [6.07, 6.45) is 3.04. The van der Waals surface area contributed by atoms with Gasteiger partial charge in [-0.25, -0.2) is 9.78 Å². The molecule has 2 aromatic rings. The molecule has 6 heteroatoms. The quantitative estimate of drug-likeness (QED) is 0.914. The van der Waals surface area contributed by atoms with E-state index >= 15 is 0 Å². The molecule has 0 aliphatic heterocycles. The molecule has 3 rings (SSSR count). The Hall–Kier alpha value is -1.66. The molecular formula is C16H21N3O2S. The molecule has 118 valence electrons. The van der Waals surface area contributed by atoms with E-state index in [0.29, 0.717) is 6.54 Å². The second-order valence-electron chi connectivity index (χ2n) is 5.89. The summed E-state index contributed by atoms with van der Waals surface area (Å²) in [4.78, 5) is 18.5. The second kappa shape index (κ2) is 6.62. The highest BCUT2D eigenvalue weighted by Crippen LogP contribution is 2.22. The maximum absolute atomic E-state index is 12.2. The molecule has 5 nitrogen and oxygen atoms in total. The van der Waals surface area contributed by atoms with Gasteiger partial charge < -0.3 is 15.3 Å². The molecule has 1 heterocycles. The van der Waals surface area contributed by atoms with Crippen molar-refractivity contribution in [3.8, 4) is 0 Å². The number of aromatic nitrogens is 1. The normalized spacial score (nSPS) is 21.7. The Morgan fingerprint density at radius 3 is 2.82 bits per heavy atom. The van der Waals surface area contributed by atoms with Gasteiger partial charge in [0.1, 0.15) is 5.01 Å². The van der Waals surface area contributed by atoms with Crippen LogP contribution in [0.5, 0.6) is 0 Å². The predicted octanol–water partition coefficient (Wildman–Crippen LogP) is 2.74. The van der Waals surface area contributed by atoms with Crippen LogP contribution in [0.1, 0.15) is 30.7 Å². The van der Waals surface area contributed by atoms with Crippen molar-refractivity contribution in [2.45, 2.75) is 44.4 Å². The Kier molecular flexibility index (Phi) is 4.59. The third-order valence-electron chi connectivity index (χ3n) is 4.08. The smallest absolute Gasteiger partial charge is 0.317 e. The zero-order valence-electron chi connectivity index (χ0n) is 12.7. The number of hydrogen-bond acceptors (Lipinski definition) is 4. The number of carbonyl (C=O) groups is 1. The second-order valence-corrected chi connectivity index (χ2v) is 7.00. The van der Waals surface area contributed by atoms with Crippen molar-refractivity contribution in [2.24, 2.45) is 0 Å². The summed E-state index contributed by atoms with van der Waals surface area (Å²) in [6.45, 7) is 0.514. The van der Waals surface area contributed by atoms with Crippen molar-refractivity contribution in [2.75, 3.05) is 7.05 Å². The zero-order chi connectivity index (χ0) is 15.5. The van der Waals surface area contributed by atoms with E-state index in [1.54, 1.807) is 23.3 Å². The van der Waals surface area contributed by atoms with Gasteiger partial charge in [0.15, 0.2) is 0 Å². The Labute approximate surface area is 134 Å². The molecule has 1 saturated carbocycles. The maximum Gasteiger partial charge on any atom is 0.317 e. The molecule has 1 aliphatic rings. The zero-order valence-corrected chi connectivity index (χ0v) is 13.5. The standard InChI is InChI=1S/C16H21N3O2S/c1-19(16(21)17-11-6-8-12(20)9-7-11)10-15-18-13-4-2-3-5-14(13)22-15/h2-5,11-12,20H,6-10H2,1H3,(H,17,21). The lowest BCUT2D eigenvalue weighted by atomic mass is 9.93. The van der Waals surface area contributed by atoms with Crippen LogP contribution in [0.2, 0.25) is 0 Å². The number of para-hydroxylation sites is 1. The third-order valence-corrected chi connectivity index (χ3v) is 5.10. The summed E-state index contributed by atoms with van der Waals surface area (Å²) in [7, 11) is 1.79. The van der Waals surface area contributed by atoms with Crippen LogP contribution in [0, 0.1) is 0 Å². The van der Waals surface area contributed by atoms with Crippen LogP contribution in [0.15, 0.2) is 24.3 Å². The number of fused-ring (bicyclic) bond motifs is 1. The number of nitrogens with one attached hydrogen (secondary N) is 1. The molecule has 22 heavy (non-hydrogen) atoms. The molecule has 0 unspecified atom stereocenters. The number of thiazole rings is 1. The molecule has 0 spiro atoms. The number of rotatable bonds is 3. The fourth-order valence-corrected chi connectivity index (χ4v) is 3.79. The van der Waals surface area contributed by atoms with Crippen LogP contribution < -0.4 is 5.32 Å². The fourth-order valence-electron chi connectivity index (χ4n) is 2.77. The first kappa shape index (κ1) is 15.2. The molecule has 2 amide bonds. The number of carbonyl (C=O) groups excluding carboxylic acids is 1. The predicted molar refractivity (Wildman–Crippen MR) is 87.9 cm³/mol. The number of amides is 2. The van der Waals surface area contributed by atoms with E-state index in [-0.39, 0.29) is 18.2 Å². The van der Waals surface area contributed by atoms with Crippen LogP contribution >= 0.6 is 11.3 Å². The minimum atomic E-state index is -0.200. The first-order chi connectivity index (χ1) is 10.6. The van der Waals surface area contributed by atoms with Crippen molar-refractivity contribution in [3.05, 3.63) is 29.3 Å². The minimum Gasteiger partial charge on any atom is -0.393 e. The van der Waals surface area contributed by atoms with Gasteiger partial charge in [0.2, 0.25) is 0 Å². The number of hydrogen-bond donors (Lipinski definition) is 2. The van der Waals surface area contributed by atoms with Crippen molar-refractivity contribution in [1.29, 1.82) is 0 Å².